The van der Waals surface area contributed by atoms with Gasteiger partial charge in [0.25, 0.3) is 0 Å². The van der Waals surface area contributed by atoms with Crippen LogP contribution in [-0.2, 0) is 11.3 Å². The van der Waals surface area contributed by atoms with Crippen LogP contribution in [0, 0.1) is 0 Å². The molecule has 0 radical (unpaired) electrons. The van der Waals surface area contributed by atoms with Gasteiger partial charge in [-0.1, -0.05) is 0 Å². The van der Waals surface area contributed by atoms with Crippen molar-refractivity contribution in [1.29, 1.82) is 0 Å². The Hall–Kier alpha value is -1.57. The van der Waals surface area contributed by atoms with E-state index in [0.29, 0.717) is 5.82 Å². The summed E-state index contributed by atoms with van der Waals surface area (Å²) < 4.78 is 45.6. The molecule has 2 N–H and O–H groups in total. The summed E-state index contributed by atoms with van der Waals surface area (Å²) in [4.78, 5) is 7.81. The van der Waals surface area contributed by atoms with Gasteiger partial charge in [0.15, 0.2) is 5.82 Å². The van der Waals surface area contributed by atoms with Crippen LogP contribution >= 0.6 is 0 Å². The van der Waals surface area contributed by atoms with Crippen LogP contribution in [0.3, 0.4) is 0 Å². The molecular formula is C10H14F3N3O2. The Morgan fingerprint density at radius 1 is 1.33 bits per heavy atom. The number of nitrogens with zero attached hydrogens (tertiary/aromatic N) is 2. The monoisotopic (exact) mass is 265 g/mol. The summed E-state index contributed by atoms with van der Waals surface area (Å²) >= 11 is 0. The first kappa shape index (κ1) is 14.5. The molecule has 18 heavy (non-hydrogen) atoms. The topological polar surface area (TPSA) is 70.3 Å². The molecular weight excluding hydrogens is 251 g/mol. The number of ether oxygens (including phenoxy) is 2. The zero-order valence-corrected chi connectivity index (χ0v) is 9.83. The van der Waals surface area contributed by atoms with Crippen molar-refractivity contribution in [1.82, 2.24) is 9.97 Å². The maximum atomic E-state index is 11.9. The molecule has 0 bridgehead atoms. The fraction of sp³-hybridized carbons (Fsp3) is 0.600. The van der Waals surface area contributed by atoms with Crippen LogP contribution in [0.5, 0.6) is 5.88 Å². The molecule has 0 aliphatic carbocycles. The molecule has 0 fully saturated rings. The molecule has 5 nitrogen and oxygen atoms in total. The maximum Gasteiger partial charge on any atom is 0.389 e. The van der Waals surface area contributed by atoms with Crippen molar-refractivity contribution in [3.63, 3.8) is 0 Å². The summed E-state index contributed by atoms with van der Waals surface area (Å²) in [7, 11) is 1.47. The number of halogens is 3. The van der Waals surface area contributed by atoms with Crippen molar-refractivity contribution in [3.05, 3.63) is 11.9 Å². The summed E-state index contributed by atoms with van der Waals surface area (Å²) in [5.41, 5.74) is 5.50. The summed E-state index contributed by atoms with van der Waals surface area (Å²) in [5, 5.41) is 0. The summed E-state index contributed by atoms with van der Waals surface area (Å²) in [6.45, 7) is 0.0757. The number of aromatic nitrogens is 2. The van der Waals surface area contributed by atoms with Crippen molar-refractivity contribution in [2.24, 2.45) is 0 Å². The van der Waals surface area contributed by atoms with Gasteiger partial charge in [-0.25, -0.2) is 4.98 Å². The number of hydrogen-bond acceptors (Lipinski definition) is 5. The number of rotatable bonds is 6. The summed E-state index contributed by atoms with van der Waals surface area (Å²) in [6, 6.07) is 1.35. The van der Waals surface area contributed by atoms with Crippen molar-refractivity contribution < 1.29 is 22.6 Å². The normalized spacial score (nSPS) is 11.6. The van der Waals surface area contributed by atoms with Gasteiger partial charge >= 0.3 is 6.18 Å². The highest BCUT2D eigenvalue weighted by atomic mass is 19.4. The van der Waals surface area contributed by atoms with Gasteiger partial charge in [0, 0.05) is 19.6 Å². The lowest BCUT2D eigenvalue weighted by Gasteiger charge is -2.08. The number of hydrogen-bond donors (Lipinski definition) is 1. The van der Waals surface area contributed by atoms with Gasteiger partial charge in [-0.15, -0.1) is 0 Å². The van der Waals surface area contributed by atoms with Gasteiger partial charge < -0.3 is 15.2 Å². The molecule has 102 valence electrons. The van der Waals surface area contributed by atoms with Gasteiger partial charge in [0.1, 0.15) is 12.4 Å². The van der Waals surface area contributed by atoms with E-state index in [0.717, 1.165) is 0 Å². The maximum absolute atomic E-state index is 11.9. The fourth-order valence-corrected chi connectivity index (χ4v) is 1.21. The minimum absolute atomic E-state index is 0.0810. The molecule has 1 aromatic heterocycles. The molecule has 0 saturated carbocycles. The minimum atomic E-state index is -4.17. The molecule has 0 spiro atoms. The van der Waals surface area contributed by atoms with E-state index in [9.17, 15) is 13.2 Å². The van der Waals surface area contributed by atoms with Crippen LogP contribution < -0.4 is 10.5 Å². The molecule has 0 atom stereocenters. The number of nitrogen functional groups attached to an aromatic ring is 1. The zero-order chi connectivity index (χ0) is 13.6. The van der Waals surface area contributed by atoms with Crippen LogP contribution in [0.4, 0.5) is 19.0 Å². The molecule has 0 aliphatic heterocycles. The van der Waals surface area contributed by atoms with E-state index in [1.807, 2.05) is 0 Å². The molecule has 0 unspecified atom stereocenters. The fourth-order valence-electron chi connectivity index (χ4n) is 1.21. The van der Waals surface area contributed by atoms with Crippen LogP contribution in [0.1, 0.15) is 18.7 Å². The Labute approximate surface area is 102 Å². The average molecular weight is 265 g/mol. The molecule has 0 aliphatic rings. The van der Waals surface area contributed by atoms with Crippen molar-refractivity contribution in [2.75, 3.05) is 19.5 Å². The number of anilines is 1. The highest BCUT2D eigenvalue weighted by Gasteiger charge is 2.26. The average Bonchev–Trinajstić information content (AvgIpc) is 2.23. The van der Waals surface area contributed by atoms with Crippen molar-refractivity contribution >= 4 is 5.82 Å². The first-order valence-corrected chi connectivity index (χ1v) is 5.22. The summed E-state index contributed by atoms with van der Waals surface area (Å²) in [5.74, 6) is 0.655. The third-order valence-electron chi connectivity index (χ3n) is 1.90. The van der Waals surface area contributed by atoms with E-state index in [-0.39, 0.29) is 31.3 Å². The SMILES string of the molecule is COCc1nc(N)cc(OCCCC(F)(F)F)n1. The van der Waals surface area contributed by atoms with Gasteiger partial charge in [-0.2, -0.15) is 18.2 Å². The second kappa shape index (κ2) is 6.39. The van der Waals surface area contributed by atoms with E-state index in [4.69, 9.17) is 15.2 Å². The van der Waals surface area contributed by atoms with Gasteiger partial charge in [0.2, 0.25) is 5.88 Å². The number of methoxy groups -OCH3 is 1. The predicted octanol–water partition coefficient (Wildman–Crippen LogP) is 1.93. The minimum Gasteiger partial charge on any atom is -0.478 e. The lowest BCUT2D eigenvalue weighted by molar-refractivity contribution is -0.136. The van der Waals surface area contributed by atoms with E-state index >= 15 is 0 Å². The van der Waals surface area contributed by atoms with E-state index < -0.39 is 12.6 Å². The van der Waals surface area contributed by atoms with Crippen LogP contribution in [-0.4, -0.2) is 29.9 Å². The molecule has 0 saturated heterocycles. The zero-order valence-electron chi connectivity index (χ0n) is 9.83. The molecule has 0 amide bonds. The van der Waals surface area contributed by atoms with Gasteiger partial charge in [0.05, 0.1) is 6.61 Å². The second-order valence-electron chi connectivity index (χ2n) is 3.55. The highest BCUT2D eigenvalue weighted by molar-refractivity contribution is 5.32. The third kappa shape index (κ3) is 5.67. The van der Waals surface area contributed by atoms with Crippen molar-refractivity contribution in [3.8, 4) is 5.88 Å². The second-order valence-corrected chi connectivity index (χ2v) is 3.55. The third-order valence-corrected chi connectivity index (χ3v) is 1.90. The first-order chi connectivity index (χ1) is 8.40. The lowest BCUT2D eigenvalue weighted by Crippen LogP contribution is -2.11. The van der Waals surface area contributed by atoms with Crippen LogP contribution in [0.2, 0.25) is 0 Å². The molecule has 1 aromatic rings. The van der Waals surface area contributed by atoms with Crippen LogP contribution in [0.25, 0.3) is 0 Å². The van der Waals surface area contributed by atoms with E-state index in [1.165, 1.54) is 13.2 Å². The molecule has 8 heteroatoms. The highest BCUT2D eigenvalue weighted by Crippen LogP contribution is 2.21. The Kier molecular flexibility index (Phi) is 5.14. The predicted molar refractivity (Wildman–Crippen MR) is 57.9 cm³/mol. The Balaban J connectivity index is 2.46. The van der Waals surface area contributed by atoms with E-state index in [1.54, 1.807) is 0 Å². The Bertz CT molecular complexity index is 385. The smallest absolute Gasteiger partial charge is 0.389 e. The number of alkyl halides is 3. The molecule has 1 heterocycles. The molecule has 0 aromatic carbocycles. The van der Waals surface area contributed by atoms with Gasteiger partial charge in [-0.05, 0) is 6.42 Å². The first-order valence-electron chi connectivity index (χ1n) is 5.22. The largest absolute Gasteiger partial charge is 0.478 e. The standard InChI is InChI=1S/C10H14F3N3O2/c1-17-6-8-15-7(14)5-9(16-8)18-4-2-3-10(11,12)13/h5H,2-4,6H2,1H3,(H2,14,15,16). The Morgan fingerprint density at radius 2 is 2.06 bits per heavy atom. The van der Waals surface area contributed by atoms with Gasteiger partial charge in [-0.3, -0.25) is 0 Å². The summed E-state index contributed by atoms with van der Waals surface area (Å²) in [6.07, 6.45) is -5.19. The van der Waals surface area contributed by atoms with E-state index in [2.05, 4.69) is 9.97 Å². The van der Waals surface area contributed by atoms with Crippen LogP contribution in [0.15, 0.2) is 6.07 Å². The lowest BCUT2D eigenvalue weighted by atomic mass is 10.3. The number of nitrogens with two attached hydrogens (primary N) is 1. The van der Waals surface area contributed by atoms with Crippen molar-refractivity contribution in [2.45, 2.75) is 25.6 Å². The Morgan fingerprint density at radius 3 is 2.67 bits per heavy atom. The quantitative estimate of drug-likeness (QED) is 0.796. The molecule has 1 rings (SSSR count).